The lowest BCUT2D eigenvalue weighted by Crippen LogP contribution is -2.25. The lowest BCUT2D eigenvalue weighted by molar-refractivity contribution is -0.152. The maximum Gasteiger partial charge on any atom is 0.305 e. The number of unbranched alkanes of at least 4 members (excludes halogenated alkanes) is 17. The summed E-state index contributed by atoms with van der Waals surface area (Å²) in [6.45, 7) is 4.24. The van der Waals surface area contributed by atoms with Gasteiger partial charge in [0.2, 0.25) is 0 Å². The zero-order valence-corrected chi connectivity index (χ0v) is 26.8. The van der Waals surface area contributed by atoms with Crippen LogP contribution in [0.5, 0.6) is 0 Å². The lowest BCUT2D eigenvalue weighted by atomic mass is 10.1. The van der Waals surface area contributed by atoms with Gasteiger partial charge in [0.15, 0.2) is 0 Å². The molecule has 2 unspecified atom stereocenters. The van der Waals surface area contributed by atoms with Gasteiger partial charge in [0.05, 0.1) is 12.2 Å². The van der Waals surface area contributed by atoms with Crippen molar-refractivity contribution in [3.63, 3.8) is 0 Å². The van der Waals surface area contributed by atoms with Gasteiger partial charge in [0, 0.05) is 12.8 Å². The van der Waals surface area contributed by atoms with Crippen molar-refractivity contribution in [3.05, 3.63) is 12.2 Å². The molecule has 0 saturated carbocycles. The van der Waals surface area contributed by atoms with Gasteiger partial charge in [-0.2, -0.15) is 0 Å². The summed E-state index contributed by atoms with van der Waals surface area (Å²) in [5, 5.41) is 9.96. The van der Waals surface area contributed by atoms with E-state index in [4.69, 9.17) is 14.2 Å². The predicted octanol–water partition coefficient (Wildman–Crippen LogP) is 9.16. The van der Waals surface area contributed by atoms with Gasteiger partial charge in [-0.1, -0.05) is 129 Å². The van der Waals surface area contributed by atoms with E-state index < -0.39 is 6.10 Å². The molecule has 0 aromatic carbocycles. The van der Waals surface area contributed by atoms with Crippen LogP contribution in [0.4, 0.5) is 0 Å². The van der Waals surface area contributed by atoms with Gasteiger partial charge >= 0.3 is 11.9 Å². The highest BCUT2D eigenvalue weighted by molar-refractivity contribution is 5.69. The summed E-state index contributed by atoms with van der Waals surface area (Å²) in [6, 6.07) is 0. The molecule has 0 aliphatic carbocycles. The summed E-state index contributed by atoms with van der Waals surface area (Å²) in [7, 11) is 0. The lowest BCUT2D eigenvalue weighted by Gasteiger charge is -2.12. The number of esters is 2. The van der Waals surface area contributed by atoms with Crippen LogP contribution in [0.25, 0.3) is 0 Å². The van der Waals surface area contributed by atoms with Crippen molar-refractivity contribution in [2.75, 3.05) is 13.2 Å². The third kappa shape index (κ3) is 24.9. The zero-order chi connectivity index (χ0) is 29.8. The van der Waals surface area contributed by atoms with E-state index in [1.165, 1.54) is 89.9 Å². The number of hydrogen-bond donors (Lipinski definition) is 1. The van der Waals surface area contributed by atoms with E-state index in [0.717, 1.165) is 51.4 Å². The second-order valence-electron chi connectivity index (χ2n) is 12.0. The van der Waals surface area contributed by atoms with Crippen LogP contribution in [-0.4, -0.2) is 48.6 Å². The average molecular weight is 581 g/mol. The fourth-order valence-corrected chi connectivity index (χ4v) is 5.15. The Morgan fingerprint density at radius 3 is 1.63 bits per heavy atom. The number of rotatable bonds is 30. The van der Waals surface area contributed by atoms with Crippen molar-refractivity contribution in [3.8, 4) is 0 Å². The van der Waals surface area contributed by atoms with E-state index in [1.54, 1.807) is 0 Å². The summed E-state index contributed by atoms with van der Waals surface area (Å²) >= 11 is 0. The Balaban J connectivity index is 1.83. The number of ether oxygens (including phenoxy) is 3. The number of carbonyl (C=O) groups excluding carboxylic acids is 2. The molecule has 0 spiro atoms. The molecule has 0 aromatic rings. The second-order valence-corrected chi connectivity index (χ2v) is 12.0. The van der Waals surface area contributed by atoms with Crippen molar-refractivity contribution in [1.29, 1.82) is 0 Å². The van der Waals surface area contributed by atoms with Gasteiger partial charge < -0.3 is 19.3 Å². The largest absolute Gasteiger partial charge is 0.463 e. The molecule has 1 aliphatic heterocycles. The number of carbonyl (C=O) groups is 2. The number of aliphatic hydroxyl groups is 1. The Labute approximate surface area is 252 Å². The highest BCUT2D eigenvalue weighted by Gasteiger charge is 2.36. The second kappa shape index (κ2) is 27.4. The summed E-state index contributed by atoms with van der Waals surface area (Å²) in [6.07, 6.45) is 31.4. The number of aliphatic hydroxyl groups excluding tert-OH is 1. The van der Waals surface area contributed by atoms with Gasteiger partial charge in [-0.15, -0.1) is 0 Å². The highest BCUT2D eigenvalue weighted by atomic mass is 16.6. The Kier molecular flexibility index (Phi) is 25.2. The van der Waals surface area contributed by atoms with Crippen LogP contribution in [0, 0.1) is 0 Å². The maximum atomic E-state index is 11.9. The Morgan fingerprint density at radius 1 is 0.634 bits per heavy atom. The van der Waals surface area contributed by atoms with Crippen molar-refractivity contribution in [1.82, 2.24) is 0 Å². The summed E-state index contributed by atoms with van der Waals surface area (Å²) in [4.78, 5) is 23.8. The van der Waals surface area contributed by atoms with Gasteiger partial charge in [0.1, 0.15) is 19.3 Å². The average Bonchev–Trinajstić information content (AvgIpc) is 3.72. The van der Waals surface area contributed by atoms with E-state index in [2.05, 4.69) is 26.0 Å². The summed E-state index contributed by atoms with van der Waals surface area (Å²) < 4.78 is 16.0. The number of epoxide rings is 1. The molecule has 0 amide bonds. The molecule has 6 nitrogen and oxygen atoms in total. The topological polar surface area (TPSA) is 85.4 Å². The molecule has 41 heavy (non-hydrogen) atoms. The quantitative estimate of drug-likeness (QED) is 0.0394. The minimum absolute atomic E-state index is 0.119. The maximum absolute atomic E-state index is 11.9. The molecule has 0 aromatic heterocycles. The first-order valence-corrected chi connectivity index (χ1v) is 17.4. The minimum Gasteiger partial charge on any atom is -0.463 e. The van der Waals surface area contributed by atoms with Crippen molar-refractivity contribution >= 4 is 11.9 Å². The van der Waals surface area contributed by atoms with Gasteiger partial charge in [-0.3, -0.25) is 9.59 Å². The molecular weight excluding hydrogens is 516 g/mol. The monoisotopic (exact) mass is 580 g/mol. The number of hydrogen-bond acceptors (Lipinski definition) is 6. The molecule has 6 heteroatoms. The molecule has 1 N–H and O–H groups in total. The summed E-state index contributed by atoms with van der Waals surface area (Å²) in [5.74, 6) is -0.584. The van der Waals surface area contributed by atoms with Crippen LogP contribution in [0.2, 0.25) is 0 Å². The van der Waals surface area contributed by atoms with Crippen molar-refractivity contribution < 1.29 is 28.9 Å². The standard InChI is InChI=1S/C35H64O6/c1-3-5-7-8-9-10-11-12-16-19-23-27-34(37)39-29-31(36)30-40-35(38)28-24-20-17-14-13-15-18-22-26-33-32(41-33)25-21-6-4-2/h18,22,31-33,36H,3-17,19-21,23-30H2,1-2H3/b22-18-/t31-,32?,33?/m0/s1. The fourth-order valence-electron chi connectivity index (χ4n) is 5.15. The van der Waals surface area contributed by atoms with E-state index in [0.29, 0.717) is 25.0 Å². The van der Waals surface area contributed by atoms with E-state index in [-0.39, 0.29) is 25.2 Å². The zero-order valence-electron chi connectivity index (χ0n) is 26.8. The third-order valence-corrected chi connectivity index (χ3v) is 7.92. The molecule has 1 saturated heterocycles. The normalized spacial score (nSPS) is 17.1. The van der Waals surface area contributed by atoms with Crippen LogP contribution < -0.4 is 0 Å². The highest BCUT2D eigenvalue weighted by Crippen LogP contribution is 2.30. The van der Waals surface area contributed by atoms with Crippen LogP contribution in [0.15, 0.2) is 12.2 Å². The third-order valence-electron chi connectivity index (χ3n) is 7.92. The molecule has 3 atom stereocenters. The molecule has 1 rings (SSSR count). The van der Waals surface area contributed by atoms with Crippen molar-refractivity contribution in [2.45, 2.75) is 186 Å². The van der Waals surface area contributed by atoms with Gasteiger partial charge in [-0.05, 0) is 38.5 Å². The molecule has 1 fully saturated rings. The van der Waals surface area contributed by atoms with Crippen LogP contribution in [0.1, 0.15) is 168 Å². The van der Waals surface area contributed by atoms with E-state index >= 15 is 0 Å². The molecule has 1 heterocycles. The van der Waals surface area contributed by atoms with Crippen molar-refractivity contribution in [2.24, 2.45) is 0 Å². The Morgan fingerprint density at radius 2 is 1.10 bits per heavy atom. The SMILES string of the molecule is CCCCCCCCCCCCCC(=O)OC[C@H](O)COC(=O)CCCCCCC/C=C\CC1OC1CCCCC. The molecule has 240 valence electrons. The minimum atomic E-state index is -0.966. The molecule has 0 radical (unpaired) electrons. The first-order chi connectivity index (χ1) is 20.1. The van der Waals surface area contributed by atoms with Gasteiger partial charge in [0.25, 0.3) is 0 Å². The fraction of sp³-hybridized carbons (Fsp3) is 0.886. The summed E-state index contributed by atoms with van der Waals surface area (Å²) in [5.41, 5.74) is 0. The Bertz CT molecular complexity index is 649. The number of allylic oxidation sites excluding steroid dienone is 1. The molecular formula is C35H64O6. The van der Waals surface area contributed by atoms with Crippen LogP contribution in [0.3, 0.4) is 0 Å². The van der Waals surface area contributed by atoms with E-state index in [9.17, 15) is 14.7 Å². The Hall–Kier alpha value is -1.40. The predicted molar refractivity (Wildman–Crippen MR) is 168 cm³/mol. The first kappa shape index (κ1) is 37.6. The van der Waals surface area contributed by atoms with Crippen LogP contribution >= 0.6 is 0 Å². The smallest absolute Gasteiger partial charge is 0.305 e. The molecule has 0 bridgehead atoms. The first-order valence-electron chi connectivity index (χ1n) is 17.4. The molecule has 1 aliphatic rings. The van der Waals surface area contributed by atoms with Gasteiger partial charge in [-0.25, -0.2) is 0 Å². The van der Waals surface area contributed by atoms with E-state index in [1.807, 2.05) is 0 Å². The van der Waals surface area contributed by atoms with Crippen LogP contribution in [-0.2, 0) is 23.8 Å².